The van der Waals surface area contributed by atoms with Gasteiger partial charge in [0.2, 0.25) is 0 Å². The fraction of sp³-hybridized carbons (Fsp3) is 0.778. The van der Waals surface area contributed by atoms with E-state index in [1.807, 2.05) is 5.87 Å². The Kier molecular flexibility index (Phi) is 6.73. The van der Waals surface area contributed by atoms with Crippen molar-refractivity contribution in [2.45, 2.75) is 39.9 Å². The smallest absolute Gasteiger partial charge is 0.284 e. The summed E-state index contributed by atoms with van der Waals surface area (Å²) in [7, 11) is -3.52. The molecule has 0 fully saturated rings. The Hall–Kier alpha value is -0.440. The van der Waals surface area contributed by atoms with Gasteiger partial charge >= 0.3 is 7.82 Å². The van der Waals surface area contributed by atoms with E-state index in [1.165, 1.54) is 6.08 Å². The van der Waals surface area contributed by atoms with Crippen molar-refractivity contribution in [1.82, 2.24) is 0 Å². The van der Waals surface area contributed by atoms with Crippen LogP contribution in [0.25, 0.3) is 0 Å². The minimum atomic E-state index is -3.52. The monoisotopic (exact) mass is 235 g/mol. The van der Waals surface area contributed by atoms with Gasteiger partial charge in [-0.25, -0.2) is 4.57 Å². The Balaban J connectivity index is 4.40. The average molecular weight is 235 g/mol. The Morgan fingerprint density at radius 3 is 2.07 bits per heavy atom. The van der Waals surface area contributed by atoms with Gasteiger partial charge in [-0.2, -0.15) is 0 Å². The molecule has 6 heteroatoms. The van der Waals surface area contributed by atoms with Crippen molar-refractivity contribution in [3.8, 4) is 0 Å². The molecule has 0 aromatic carbocycles. The molecule has 0 amide bonds. The van der Waals surface area contributed by atoms with E-state index in [0.717, 1.165) is 0 Å². The Labute approximate surface area is 90.5 Å². The molecule has 0 bridgehead atoms. The van der Waals surface area contributed by atoms with E-state index in [4.69, 9.17) is 19.0 Å². The zero-order valence-electron chi connectivity index (χ0n) is 9.52. The van der Waals surface area contributed by atoms with Gasteiger partial charge in [-0.05, 0) is 33.6 Å². The third-order valence-corrected chi connectivity index (χ3v) is 2.92. The zero-order valence-corrected chi connectivity index (χ0v) is 10.4. The highest BCUT2D eigenvalue weighted by Gasteiger charge is 2.29. The SMILES string of the molecule is CC(C)OP(=O)(OCC=C=N)OC(C)C. The van der Waals surface area contributed by atoms with E-state index < -0.39 is 7.82 Å². The van der Waals surface area contributed by atoms with Gasteiger partial charge in [0.25, 0.3) is 0 Å². The number of nitrogens with one attached hydrogen (secondary N) is 1. The molecule has 0 heterocycles. The maximum absolute atomic E-state index is 11.9. The molecular formula is C9H18NO4P. The predicted octanol–water partition coefficient (Wildman–Crippen LogP) is 2.77. The molecule has 5 nitrogen and oxygen atoms in total. The molecule has 0 aromatic rings. The summed E-state index contributed by atoms with van der Waals surface area (Å²) >= 11 is 0. The van der Waals surface area contributed by atoms with Crippen molar-refractivity contribution < 1.29 is 18.1 Å². The van der Waals surface area contributed by atoms with Crippen LogP contribution in [0.4, 0.5) is 0 Å². The van der Waals surface area contributed by atoms with Crippen molar-refractivity contribution in [3.63, 3.8) is 0 Å². The van der Waals surface area contributed by atoms with Crippen molar-refractivity contribution in [2.75, 3.05) is 6.61 Å². The molecule has 0 aliphatic heterocycles. The Morgan fingerprint density at radius 1 is 1.27 bits per heavy atom. The second kappa shape index (κ2) is 6.94. The number of hydrogen-bond acceptors (Lipinski definition) is 5. The molecule has 0 atom stereocenters. The molecule has 0 aromatic heterocycles. The van der Waals surface area contributed by atoms with E-state index in [0.29, 0.717) is 0 Å². The first kappa shape index (κ1) is 14.6. The van der Waals surface area contributed by atoms with Crippen LogP contribution >= 0.6 is 7.82 Å². The van der Waals surface area contributed by atoms with E-state index in [9.17, 15) is 4.57 Å². The first-order chi connectivity index (χ1) is 6.89. The summed E-state index contributed by atoms with van der Waals surface area (Å²) in [5, 5.41) is 6.64. The molecule has 15 heavy (non-hydrogen) atoms. The normalized spacial score (nSPS) is 11.9. The number of phosphoric acid groups is 1. The molecule has 0 aliphatic carbocycles. The zero-order chi connectivity index (χ0) is 11.9. The fourth-order valence-corrected chi connectivity index (χ4v) is 2.23. The minimum absolute atomic E-state index is 0.0137. The van der Waals surface area contributed by atoms with Gasteiger partial charge in [0.05, 0.1) is 18.8 Å². The molecule has 88 valence electrons. The summed E-state index contributed by atoms with van der Waals surface area (Å²) in [6.07, 6.45) is 0.789. The molecule has 1 N–H and O–H groups in total. The van der Waals surface area contributed by atoms with E-state index in [2.05, 4.69) is 0 Å². The van der Waals surface area contributed by atoms with Crippen LogP contribution in [0, 0.1) is 5.41 Å². The second-order valence-electron chi connectivity index (χ2n) is 3.40. The van der Waals surface area contributed by atoms with Crippen molar-refractivity contribution in [1.29, 1.82) is 5.41 Å². The lowest BCUT2D eigenvalue weighted by molar-refractivity contribution is 0.0783. The van der Waals surface area contributed by atoms with Crippen molar-refractivity contribution >= 4 is 13.7 Å². The highest BCUT2D eigenvalue weighted by Crippen LogP contribution is 2.51. The maximum Gasteiger partial charge on any atom is 0.475 e. The van der Waals surface area contributed by atoms with E-state index in [1.54, 1.807) is 27.7 Å². The molecular weight excluding hydrogens is 217 g/mol. The third-order valence-electron chi connectivity index (χ3n) is 1.10. The molecule has 0 rings (SSSR count). The standard InChI is InChI=1S/C9H18NO4P/c1-8(2)13-15(11,14-9(3)4)12-7-5-6-10/h5,8-10H,7H2,1-4H3. The van der Waals surface area contributed by atoms with Crippen LogP contribution in [0.15, 0.2) is 6.08 Å². The molecule has 0 radical (unpaired) electrons. The van der Waals surface area contributed by atoms with Gasteiger partial charge in [0.15, 0.2) is 0 Å². The fourth-order valence-electron chi connectivity index (χ4n) is 0.772. The maximum atomic E-state index is 11.9. The summed E-state index contributed by atoms with van der Waals surface area (Å²) in [6.45, 7) is 6.96. The third kappa shape index (κ3) is 7.48. The van der Waals surface area contributed by atoms with Crippen LogP contribution in [-0.4, -0.2) is 24.7 Å². The molecule has 0 saturated heterocycles. The van der Waals surface area contributed by atoms with Crippen LogP contribution in [0.2, 0.25) is 0 Å². The van der Waals surface area contributed by atoms with Gasteiger partial charge in [-0.3, -0.25) is 19.0 Å². The molecule has 0 aliphatic rings. The minimum Gasteiger partial charge on any atom is -0.284 e. The van der Waals surface area contributed by atoms with Crippen LogP contribution in [-0.2, 0) is 18.1 Å². The molecule has 0 unspecified atom stereocenters. The van der Waals surface area contributed by atoms with Gasteiger partial charge in [-0.15, -0.1) is 0 Å². The first-order valence-corrected chi connectivity index (χ1v) is 6.21. The second-order valence-corrected chi connectivity index (χ2v) is 4.97. The summed E-state index contributed by atoms with van der Waals surface area (Å²) in [6, 6.07) is 0. The number of rotatable bonds is 7. The van der Waals surface area contributed by atoms with E-state index >= 15 is 0 Å². The largest absolute Gasteiger partial charge is 0.475 e. The number of hydrogen-bond donors (Lipinski definition) is 1. The van der Waals surface area contributed by atoms with Crippen LogP contribution in [0.5, 0.6) is 0 Å². The van der Waals surface area contributed by atoms with Crippen LogP contribution in [0.1, 0.15) is 27.7 Å². The quantitative estimate of drug-likeness (QED) is 0.544. The summed E-state index contributed by atoms with van der Waals surface area (Å²) < 4.78 is 27.1. The summed E-state index contributed by atoms with van der Waals surface area (Å²) in [5.74, 6) is 2.01. The average Bonchev–Trinajstić information content (AvgIpc) is 2.00. The lowest BCUT2D eigenvalue weighted by Gasteiger charge is -2.20. The molecule has 0 saturated carbocycles. The van der Waals surface area contributed by atoms with Crippen molar-refractivity contribution in [3.05, 3.63) is 6.08 Å². The van der Waals surface area contributed by atoms with Crippen LogP contribution < -0.4 is 0 Å². The topological polar surface area (TPSA) is 68.6 Å². The highest BCUT2D eigenvalue weighted by molar-refractivity contribution is 7.48. The summed E-state index contributed by atoms with van der Waals surface area (Å²) in [5.41, 5.74) is 0. The predicted molar refractivity (Wildman–Crippen MR) is 58.3 cm³/mol. The Morgan fingerprint density at radius 2 is 1.73 bits per heavy atom. The highest BCUT2D eigenvalue weighted by atomic mass is 31.2. The van der Waals surface area contributed by atoms with Crippen molar-refractivity contribution in [2.24, 2.45) is 0 Å². The van der Waals surface area contributed by atoms with E-state index in [-0.39, 0.29) is 18.8 Å². The number of phosphoric ester groups is 1. The van der Waals surface area contributed by atoms with Gasteiger partial charge in [-0.1, -0.05) is 0 Å². The first-order valence-electron chi connectivity index (χ1n) is 4.75. The van der Waals surface area contributed by atoms with Gasteiger partial charge in [0, 0.05) is 6.08 Å². The van der Waals surface area contributed by atoms with Gasteiger partial charge < -0.3 is 0 Å². The Bertz CT molecular complexity index is 257. The summed E-state index contributed by atoms with van der Waals surface area (Å²) in [4.78, 5) is 0. The van der Waals surface area contributed by atoms with Crippen LogP contribution in [0.3, 0.4) is 0 Å². The van der Waals surface area contributed by atoms with Gasteiger partial charge in [0.1, 0.15) is 0 Å². The molecule has 0 spiro atoms. The lowest BCUT2D eigenvalue weighted by atomic mass is 10.5. The lowest BCUT2D eigenvalue weighted by Crippen LogP contribution is -2.10.